The van der Waals surface area contributed by atoms with Crippen molar-refractivity contribution in [3.05, 3.63) is 81.9 Å². The zero-order chi connectivity index (χ0) is 28.0. The lowest BCUT2D eigenvalue weighted by Gasteiger charge is -2.19. The molecule has 0 spiro atoms. The molecule has 2 heterocycles. The SMILES string of the molecule is COc1ccc(COP(=O)(COCCn2cnc3c(=O)[nH]c(N)nc32)OCC(=O)c2ccc(F)cc2)cc1F. The quantitative estimate of drug-likeness (QED) is 0.140. The first-order valence-corrected chi connectivity index (χ1v) is 13.2. The average Bonchev–Trinajstić information content (AvgIpc) is 3.32. The van der Waals surface area contributed by atoms with Crippen LogP contribution in [0, 0.1) is 11.6 Å². The predicted octanol–water partition coefficient (Wildman–Crippen LogP) is 3.27. The number of rotatable bonds is 13. The molecule has 0 aliphatic heterocycles. The fraction of sp³-hybridized carbons (Fsp3) is 0.250. The molecule has 0 fully saturated rings. The highest BCUT2D eigenvalue weighted by Crippen LogP contribution is 2.49. The molecule has 1 atom stereocenters. The first-order chi connectivity index (χ1) is 18.7. The average molecular weight is 563 g/mol. The number of ketones is 1. The van der Waals surface area contributed by atoms with Gasteiger partial charge in [-0.2, -0.15) is 4.98 Å². The van der Waals surface area contributed by atoms with Crippen molar-refractivity contribution in [2.24, 2.45) is 0 Å². The van der Waals surface area contributed by atoms with E-state index < -0.39 is 43.5 Å². The molecule has 0 saturated carbocycles. The highest BCUT2D eigenvalue weighted by Gasteiger charge is 2.27. The number of carbonyl (C=O) groups is 1. The van der Waals surface area contributed by atoms with Crippen LogP contribution in [0.25, 0.3) is 11.2 Å². The number of nitrogen functional groups attached to an aromatic ring is 1. The summed E-state index contributed by atoms with van der Waals surface area (Å²) in [6.07, 6.45) is 0.826. The predicted molar refractivity (Wildman–Crippen MR) is 135 cm³/mol. The number of nitrogens with zero attached hydrogens (tertiary/aromatic N) is 3. The van der Waals surface area contributed by atoms with Gasteiger partial charge in [-0.3, -0.25) is 23.7 Å². The molecule has 4 aromatic rings. The van der Waals surface area contributed by atoms with Gasteiger partial charge in [0.1, 0.15) is 18.8 Å². The van der Waals surface area contributed by atoms with E-state index in [4.69, 9.17) is 24.3 Å². The van der Waals surface area contributed by atoms with Crippen LogP contribution in [0.15, 0.2) is 53.6 Å². The van der Waals surface area contributed by atoms with E-state index in [-0.39, 0.29) is 48.2 Å². The smallest absolute Gasteiger partial charge is 0.356 e. The van der Waals surface area contributed by atoms with Crippen LogP contribution in [0.2, 0.25) is 0 Å². The highest BCUT2D eigenvalue weighted by molar-refractivity contribution is 7.53. The minimum absolute atomic E-state index is 0.0247. The number of anilines is 1. The van der Waals surface area contributed by atoms with Crippen LogP contribution in [-0.4, -0.2) is 52.0 Å². The lowest BCUT2D eigenvalue weighted by molar-refractivity contribution is 0.0855. The Balaban J connectivity index is 1.41. The van der Waals surface area contributed by atoms with Gasteiger partial charge in [-0.05, 0) is 42.0 Å². The summed E-state index contributed by atoms with van der Waals surface area (Å²) in [5.74, 6) is -1.78. The molecule has 4 rings (SSSR count). The maximum Gasteiger partial charge on any atom is 0.356 e. The molecule has 15 heteroatoms. The fourth-order valence-corrected chi connectivity index (χ4v) is 4.67. The van der Waals surface area contributed by atoms with Crippen LogP contribution in [0.4, 0.5) is 14.7 Å². The summed E-state index contributed by atoms with van der Waals surface area (Å²) in [4.78, 5) is 34.8. The molecule has 0 amide bonds. The second-order valence-electron chi connectivity index (χ2n) is 8.16. The number of aromatic amines is 1. The van der Waals surface area contributed by atoms with E-state index in [1.807, 2.05) is 0 Å². The van der Waals surface area contributed by atoms with Crippen molar-refractivity contribution in [3.8, 4) is 5.75 Å². The molecule has 2 aromatic carbocycles. The number of aromatic nitrogens is 4. The van der Waals surface area contributed by atoms with Crippen molar-refractivity contribution in [2.45, 2.75) is 13.2 Å². The summed E-state index contributed by atoms with van der Waals surface area (Å²) < 4.78 is 63.5. The Morgan fingerprint density at radius 3 is 2.64 bits per heavy atom. The molecule has 12 nitrogen and oxygen atoms in total. The number of ether oxygens (including phenoxy) is 2. The topological polar surface area (TPSA) is 161 Å². The summed E-state index contributed by atoms with van der Waals surface area (Å²) in [7, 11) is -2.74. The number of halogens is 2. The summed E-state index contributed by atoms with van der Waals surface area (Å²) >= 11 is 0. The van der Waals surface area contributed by atoms with Crippen LogP contribution >= 0.6 is 7.60 Å². The number of nitrogens with two attached hydrogens (primary N) is 1. The second kappa shape index (κ2) is 12.3. The largest absolute Gasteiger partial charge is 0.494 e. The van der Waals surface area contributed by atoms with E-state index in [9.17, 15) is 22.9 Å². The van der Waals surface area contributed by atoms with Crippen molar-refractivity contribution in [3.63, 3.8) is 0 Å². The third-order valence-corrected chi connectivity index (χ3v) is 6.97. The molecule has 39 heavy (non-hydrogen) atoms. The number of Topliss-reactive ketones (excluding diaryl/α,β-unsaturated/α-hetero) is 1. The summed E-state index contributed by atoms with van der Waals surface area (Å²) in [6, 6.07) is 8.81. The number of hydrogen-bond donors (Lipinski definition) is 2. The first-order valence-electron chi connectivity index (χ1n) is 11.4. The molecule has 0 radical (unpaired) electrons. The van der Waals surface area contributed by atoms with Gasteiger partial charge in [0, 0.05) is 12.1 Å². The lowest BCUT2D eigenvalue weighted by Crippen LogP contribution is -2.14. The van der Waals surface area contributed by atoms with Gasteiger partial charge in [0.05, 0.1) is 26.7 Å². The molecular formula is C24H24F2N5O7P. The standard InChI is InChI=1S/C24H24F2N5O7P/c1-35-20-7-2-15(10-18(20)26)11-37-39(34,38-12-19(32)16-3-5-17(25)6-4-16)14-36-9-8-31-13-28-21-22(31)29-24(27)30-23(21)33/h2-7,10,13H,8-9,11-12,14H2,1H3,(H3,27,29,30,33). The Labute approximate surface area is 220 Å². The highest BCUT2D eigenvalue weighted by atomic mass is 31.2. The van der Waals surface area contributed by atoms with Gasteiger partial charge in [-0.25, -0.2) is 13.8 Å². The number of imidazole rings is 1. The van der Waals surface area contributed by atoms with Gasteiger partial charge in [0.15, 0.2) is 28.5 Å². The van der Waals surface area contributed by atoms with Crippen LogP contribution in [0.3, 0.4) is 0 Å². The minimum Gasteiger partial charge on any atom is -0.494 e. The Kier molecular flexibility index (Phi) is 8.82. The van der Waals surface area contributed by atoms with Gasteiger partial charge in [-0.1, -0.05) is 6.07 Å². The van der Waals surface area contributed by atoms with Gasteiger partial charge in [0.25, 0.3) is 5.56 Å². The summed E-state index contributed by atoms with van der Waals surface area (Å²) in [6.45, 7) is -0.823. The maximum absolute atomic E-state index is 14.1. The van der Waals surface area contributed by atoms with E-state index in [1.165, 1.54) is 42.3 Å². The van der Waals surface area contributed by atoms with Crippen LogP contribution in [0.1, 0.15) is 15.9 Å². The van der Waals surface area contributed by atoms with Gasteiger partial charge in [0.2, 0.25) is 5.95 Å². The number of fused-ring (bicyclic) bond motifs is 1. The van der Waals surface area contributed by atoms with Gasteiger partial charge in [-0.15, -0.1) is 0 Å². The van der Waals surface area contributed by atoms with Crippen LogP contribution < -0.4 is 16.0 Å². The molecule has 206 valence electrons. The number of carbonyl (C=O) groups excluding carboxylic acids is 1. The number of benzene rings is 2. The molecule has 3 N–H and O–H groups in total. The minimum atomic E-state index is -4.06. The van der Waals surface area contributed by atoms with Crippen molar-refractivity contribution >= 4 is 30.5 Å². The van der Waals surface area contributed by atoms with E-state index >= 15 is 0 Å². The first kappa shape index (κ1) is 28.0. The molecule has 1 unspecified atom stereocenters. The third kappa shape index (κ3) is 7.12. The van der Waals surface area contributed by atoms with Gasteiger partial charge < -0.3 is 24.3 Å². The number of nitrogens with one attached hydrogen (secondary N) is 1. The van der Waals surface area contributed by atoms with Crippen molar-refractivity contribution in [2.75, 3.05) is 32.4 Å². The summed E-state index contributed by atoms with van der Waals surface area (Å²) in [5.41, 5.74) is 5.91. The Hall–Kier alpha value is -3.97. The Bertz CT molecular complexity index is 1580. The van der Waals surface area contributed by atoms with Crippen molar-refractivity contribution in [1.82, 2.24) is 19.5 Å². The monoisotopic (exact) mass is 563 g/mol. The molecular weight excluding hydrogens is 539 g/mol. The summed E-state index contributed by atoms with van der Waals surface area (Å²) in [5, 5.41) is 0. The zero-order valence-corrected chi connectivity index (χ0v) is 21.5. The number of H-pyrrole nitrogens is 1. The molecule has 0 aliphatic rings. The van der Waals surface area contributed by atoms with Gasteiger partial charge >= 0.3 is 7.60 Å². The number of methoxy groups -OCH3 is 1. The van der Waals surface area contributed by atoms with E-state index in [0.717, 1.165) is 18.2 Å². The number of hydrogen-bond acceptors (Lipinski definition) is 10. The van der Waals surface area contributed by atoms with E-state index in [1.54, 1.807) is 0 Å². The maximum atomic E-state index is 14.1. The lowest BCUT2D eigenvalue weighted by atomic mass is 10.1. The fourth-order valence-electron chi connectivity index (χ4n) is 3.43. The van der Waals surface area contributed by atoms with E-state index in [0.29, 0.717) is 5.56 Å². The Morgan fingerprint density at radius 2 is 1.92 bits per heavy atom. The molecule has 0 bridgehead atoms. The zero-order valence-electron chi connectivity index (χ0n) is 20.6. The molecule has 0 saturated heterocycles. The normalized spacial score (nSPS) is 12.9. The van der Waals surface area contributed by atoms with Crippen LogP contribution in [-0.2, 0) is 31.5 Å². The van der Waals surface area contributed by atoms with Crippen molar-refractivity contribution < 1.29 is 36.7 Å². The third-order valence-electron chi connectivity index (χ3n) is 5.42. The second-order valence-corrected chi connectivity index (χ2v) is 10.2. The Morgan fingerprint density at radius 1 is 1.15 bits per heavy atom. The van der Waals surface area contributed by atoms with Crippen LogP contribution in [0.5, 0.6) is 5.75 Å². The van der Waals surface area contributed by atoms with E-state index in [2.05, 4.69) is 15.0 Å². The molecule has 0 aliphatic carbocycles. The molecule has 2 aromatic heterocycles. The van der Waals surface area contributed by atoms with Crippen molar-refractivity contribution in [1.29, 1.82) is 0 Å².